The van der Waals surface area contributed by atoms with Crippen LogP contribution >= 0.6 is 0 Å². The van der Waals surface area contributed by atoms with E-state index in [9.17, 15) is 9.90 Å². The summed E-state index contributed by atoms with van der Waals surface area (Å²) in [5.74, 6) is -0.752. The smallest absolute Gasteiger partial charge is 0.230 e. The van der Waals surface area contributed by atoms with Gasteiger partial charge in [0.25, 0.3) is 0 Å². The van der Waals surface area contributed by atoms with Gasteiger partial charge in [0, 0.05) is 5.69 Å². The molecule has 0 aliphatic rings. The largest absolute Gasteiger partial charge is 0.388 e. The van der Waals surface area contributed by atoms with E-state index >= 15 is 0 Å². The highest BCUT2D eigenvalue weighted by atomic mass is 16.3. The van der Waals surface area contributed by atoms with Crippen molar-refractivity contribution < 1.29 is 9.90 Å². The van der Waals surface area contributed by atoms with Gasteiger partial charge in [0.1, 0.15) is 0 Å². The van der Waals surface area contributed by atoms with Gasteiger partial charge in [-0.25, -0.2) is 0 Å². The summed E-state index contributed by atoms with van der Waals surface area (Å²) in [6, 6.07) is 22.9. The molecule has 0 heterocycles. The zero-order chi connectivity index (χ0) is 16.2. The molecule has 3 nitrogen and oxygen atoms in total. The Kier molecular flexibility index (Phi) is 4.40. The third-order valence-corrected chi connectivity index (χ3v) is 4.07. The summed E-state index contributed by atoms with van der Waals surface area (Å²) in [6.07, 6.45) is -0.857. The van der Waals surface area contributed by atoms with Gasteiger partial charge in [-0.1, -0.05) is 67.6 Å². The number of amides is 1. The number of rotatable bonds is 4. The highest BCUT2D eigenvalue weighted by molar-refractivity contribution is 5.93. The van der Waals surface area contributed by atoms with Gasteiger partial charge in [-0.05, 0) is 28.5 Å². The number of carbonyl (C=O) groups excluding carboxylic acids is 1. The first-order valence-electron chi connectivity index (χ1n) is 7.68. The van der Waals surface area contributed by atoms with Crippen LogP contribution in [0.1, 0.15) is 18.6 Å². The molecule has 0 unspecified atom stereocenters. The molecule has 3 rings (SSSR count). The van der Waals surface area contributed by atoms with Crippen LogP contribution < -0.4 is 5.32 Å². The first kappa shape index (κ1) is 15.3. The number of anilines is 1. The lowest BCUT2D eigenvalue weighted by Gasteiger charge is -2.20. The molecule has 3 aromatic carbocycles. The van der Waals surface area contributed by atoms with Gasteiger partial charge < -0.3 is 10.4 Å². The Morgan fingerprint density at radius 2 is 1.57 bits per heavy atom. The van der Waals surface area contributed by atoms with Crippen molar-refractivity contribution in [2.24, 2.45) is 5.92 Å². The molecule has 0 spiro atoms. The number of benzene rings is 3. The molecule has 0 radical (unpaired) electrons. The normalized spacial score (nSPS) is 13.5. The molecule has 0 saturated heterocycles. The summed E-state index contributed by atoms with van der Waals surface area (Å²) in [7, 11) is 0. The number of aliphatic hydroxyl groups is 1. The number of nitrogens with one attached hydrogen (secondary N) is 1. The summed E-state index contributed by atoms with van der Waals surface area (Å²) in [6.45, 7) is 1.74. The number of para-hydroxylation sites is 1. The van der Waals surface area contributed by atoms with Gasteiger partial charge in [0.05, 0.1) is 12.0 Å². The molecular weight excluding hydrogens is 286 g/mol. The molecule has 2 atom stereocenters. The van der Waals surface area contributed by atoms with Crippen molar-refractivity contribution in [1.29, 1.82) is 0 Å². The Morgan fingerprint density at radius 3 is 2.35 bits per heavy atom. The van der Waals surface area contributed by atoms with Crippen molar-refractivity contribution in [1.82, 2.24) is 0 Å². The molecule has 0 aliphatic carbocycles. The molecule has 0 aliphatic heterocycles. The molecule has 116 valence electrons. The van der Waals surface area contributed by atoms with Crippen molar-refractivity contribution in [2.75, 3.05) is 5.32 Å². The quantitative estimate of drug-likeness (QED) is 0.761. The number of hydrogen-bond donors (Lipinski definition) is 2. The van der Waals surface area contributed by atoms with Crippen LogP contribution in [0.25, 0.3) is 10.8 Å². The summed E-state index contributed by atoms with van der Waals surface area (Å²) in [5, 5.41) is 15.5. The van der Waals surface area contributed by atoms with Crippen LogP contribution in [-0.4, -0.2) is 11.0 Å². The maximum Gasteiger partial charge on any atom is 0.230 e. The van der Waals surface area contributed by atoms with Crippen molar-refractivity contribution in [3.63, 3.8) is 0 Å². The van der Waals surface area contributed by atoms with Crippen molar-refractivity contribution >= 4 is 22.4 Å². The van der Waals surface area contributed by atoms with Crippen LogP contribution in [0.3, 0.4) is 0 Å². The summed E-state index contributed by atoms with van der Waals surface area (Å²) < 4.78 is 0. The van der Waals surface area contributed by atoms with Crippen molar-refractivity contribution in [3.05, 3.63) is 78.4 Å². The number of hydrogen-bond acceptors (Lipinski definition) is 2. The van der Waals surface area contributed by atoms with Crippen molar-refractivity contribution in [3.8, 4) is 0 Å². The lowest BCUT2D eigenvalue weighted by molar-refractivity contribution is -0.122. The van der Waals surface area contributed by atoms with E-state index in [4.69, 9.17) is 0 Å². The fourth-order valence-corrected chi connectivity index (χ4v) is 2.70. The second-order valence-corrected chi connectivity index (χ2v) is 5.66. The monoisotopic (exact) mass is 305 g/mol. The van der Waals surface area contributed by atoms with Crippen LogP contribution in [0.15, 0.2) is 72.8 Å². The number of carbonyl (C=O) groups is 1. The SMILES string of the molecule is C[C@H](C(=O)Nc1ccccc1)[C@@H](O)c1cccc2ccccc12. The molecule has 0 aromatic heterocycles. The Balaban J connectivity index is 1.83. The minimum atomic E-state index is -0.857. The number of aliphatic hydroxyl groups excluding tert-OH is 1. The van der Waals surface area contributed by atoms with Gasteiger partial charge >= 0.3 is 0 Å². The highest BCUT2D eigenvalue weighted by Gasteiger charge is 2.24. The van der Waals surface area contributed by atoms with Crippen LogP contribution in [0.2, 0.25) is 0 Å². The van der Waals surface area contributed by atoms with E-state index in [0.717, 1.165) is 22.0 Å². The first-order chi connectivity index (χ1) is 11.2. The molecule has 1 amide bonds. The van der Waals surface area contributed by atoms with Gasteiger partial charge in [-0.15, -0.1) is 0 Å². The van der Waals surface area contributed by atoms with Crippen LogP contribution in [0.5, 0.6) is 0 Å². The van der Waals surface area contributed by atoms with Crippen LogP contribution in [0.4, 0.5) is 5.69 Å². The fourth-order valence-electron chi connectivity index (χ4n) is 2.70. The van der Waals surface area contributed by atoms with E-state index in [0.29, 0.717) is 0 Å². The fraction of sp³-hybridized carbons (Fsp3) is 0.150. The Labute approximate surface area is 135 Å². The topological polar surface area (TPSA) is 49.3 Å². The maximum atomic E-state index is 12.4. The summed E-state index contributed by atoms with van der Waals surface area (Å²) >= 11 is 0. The predicted octanol–water partition coefficient (Wildman–Crippen LogP) is 4.15. The minimum Gasteiger partial charge on any atom is -0.388 e. The zero-order valence-corrected chi connectivity index (χ0v) is 12.9. The lowest BCUT2D eigenvalue weighted by Crippen LogP contribution is -2.26. The van der Waals surface area contributed by atoms with Crippen LogP contribution in [0, 0.1) is 5.92 Å². The van der Waals surface area contributed by atoms with E-state index in [1.54, 1.807) is 6.92 Å². The Morgan fingerprint density at radius 1 is 0.913 bits per heavy atom. The molecule has 3 heteroatoms. The third kappa shape index (κ3) is 3.25. The molecule has 2 N–H and O–H groups in total. The van der Waals surface area contributed by atoms with E-state index in [1.165, 1.54) is 0 Å². The average Bonchev–Trinajstić information content (AvgIpc) is 2.60. The number of fused-ring (bicyclic) bond motifs is 1. The van der Waals surface area contributed by atoms with E-state index in [-0.39, 0.29) is 5.91 Å². The van der Waals surface area contributed by atoms with Gasteiger partial charge in [0.2, 0.25) is 5.91 Å². The minimum absolute atomic E-state index is 0.198. The van der Waals surface area contributed by atoms with E-state index < -0.39 is 12.0 Å². The predicted molar refractivity (Wildman–Crippen MR) is 93.1 cm³/mol. The third-order valence-electron chi connectivity index (χ3n) is 4.07. The molecule has 0 saturated carbocycles. The molecule has 23 heavy (non-hydrogen) atoms. The molecule has 0 fully saturated rings. The van der Waals surface area contributed by atoms with Crippen molar-refractivity contribution in [2.45, 2.75) is 13.0 Å². The first-order valence-corrected chi connectivity index (χ1v) is 7.68. The van der Waals surface area contributed by atoms with Gasteiger partial charge in [-0.3, -0.25) is 4.79 Å². The summed E-state index contributed by atoms with van der Waals surface area (Å²) in [5.41, 5.74) is 1.51. The lowest BCUT2D eigenvalue weighted by atomic mass is 9.92. The highest BCUT2D eigenvalue weighted by Crippen LogP contribution is 2.29. The Bertz CT molecular complexity index is 809. The average molecular weight is 305 g/mol. The zero-order valence-electron chi connectivity index (χ0n) is 12.9. The standard InChI is InChI=1S/C20H19NO2/c1-14(20(23)21-16-10-3-2-4-11-16)19(22)18-13-7-9-15-8-5-6-12-17(15)18/h2-14,19,22H,1H3,(H,21,23)/t14-,19+/m0/s1. The molecular formula is C20H19NO2. The molecule has 3 aromatic rings. The van der Waals surface area contributed by atoms with E-state index in [1.807, 2.05) is 72.8 Å². The second-order valence-electron chi connectivity index (χ2n) is 5.66. The maximum absolute atomic E-state index is 12.4. The van der Waals surface area contributed by atoms with Gasteiger partial charge in [0.15, 0.2) is 0 Å². The van der Waals surface area contributed by atoms with E-state index in [2.05, 4.69) is 5.32 Å². The van der Waals surface area contributed by atoms with Crippen LogP contribution in [-0.2, 0) is 4.79 Å². The summed E-state index contributed by atoms with van der Waals surface area (Å²) in [4.78, 5) is 12.4. The second kappa shape index (κ2) is 6.63. The Hall–Kier alpha value is -2.65. The van der Waals surface area contributed by atoms with Gasteiger partial charge in [-0.2, -0.15) is 0 Å². The molecule has 0 bridgehead atoms.